The van der Waals surface area contributed by atoms with Crippen LogP contribution in [-0.4, -0.2) is 24.7 Å². The minimum absolute atomic E-state index is 0.0548. The molecule has 9 nitrogen and oxygen atoms in total. The number of hydrazine groups is 1. The van der Waals surface area contributed by atoms with Gasteiger partial charge in [-0.25, -0.2) is 15.5 Å². The molecule has 0 fully saturated rings. The minimum Gasteiger partial charge on any atom is -0.292 e. The number of nitrogen functional groups attached to an aromatic ring is 1. The minimum atomic E-state index is -0.563. The van der Waals surface area contributed by atoms with E-state index < -0.39 is 4.92 Å². The molecule has 0 radical (unpaired) electrons. The van der Waals surface area contributed by atoms with Crippen molar-refractivity contribution in [3.63, 3.8) is 0 Å². The molecule has 0 aliphatic rings. The SMILES string of the molecule is NNc1ncc([N+](=O)[O-])c(-n2ncc3ccccc32)n1. The lowest BCUT2D eigenvalue weighted by atomic mass is 10.2. The van der Waals surface area contributed by atoms with Crippen LogP contribution in [0.3, 0.4) is 0 Å². The van der Waals surface area contributed by atoms with E-state index in [1.807, 2.05) is 18.2 Å². The van der Waals surface area contributed by atoms with Crippen LogP contribution in [0.25, 0.3) is 16.7 Å². The van der Waals surface area contributed by atoms with E-state index in [9.17, 15) is 10.1 Å². The van der Waals surface area contributed by atoms with Crippen LogP contribution < -0.4 is 11.3 Å². The summed E-state index contributed by atoms with van der Waals surface area (Å²) >= 11 is 0. The van der Waals surface area contributed by atoms with Gasteiger partial charge in [-0.1, -0.05) is 18.2 Å². The fourth-order valence-corrected chi connectivity index (χ4v) is 1.86. The number of aromatic nitrogens is 4. The predicted molar refractivity (Wildman–Crippen MR) is 71.1 cm³/mol. The van der Waals surface area contributed by atoms with E-state index >= 15 is 0 Å². The van der Waals surface area contributed by atoms with Crippen molar-refractivity contribution in [1.82, 2.24) is 19.7 Å². The first-order valence-electron chi connectivity index (χ1n) is 5.62. The number of nitrogens with one attached hydrogen (secondary N) is 1. The highest BCUT2D eigenvalue weighted by Crippen LogP contribution is 2.24. The van der Waals surface area contributed by atoms with Crippen LogP contribution >= 0.6 is 0 Å². The molecule has 0 aliphatic heterocycles. The summed E-state index contributed by atoms with van der Waals surface area (Å²) < 4.78 is 1.38. The van der Waals surface area contributed by atoms with Crippen LogP contribution in [0.1, 0.15) is 0 Å². The first kappa shape index (κ1) is 12.0. The predicted octanol–water partition coefficient (Wildman–Crippen LogP) is 1.01. The van der Waals surface area contributed by atoms with Crippen LogP contribution in [0.15, 0.2) is 36.7 Å². The monoisotopic (exact) mass is 271 g/mol. The zero-order valence-electron chi connectivity index (χ0n) is 10.1. The summed E-state index contributed by atoms with van der Waals surface area (Å²) in [7, 11) is 0. The lowest BCUT2D eigenvalue weighted by Gasteiger charge is -2.05. The van der Waals surface area contributed by atoms with Crippen molar-refractivity contribution in [3.05, 3.63) is 46.8 Å². The Kier molecular flexibility index (Phi) is 2.73. The second-order valence-electron chi connectivity index (χ2n) is 3.92. The Hall–Kier alpha value is -3.07. The molecular formula is C11H9N7O2. The van der Waals surface area contributed by atoms with Crippen LogP contribution in [0.4, 0.5) is 11.6 Å². The molecule has 2 heterocycles. The van der Waals surface area contributed by atoms with Gasteiger partial charge in [0.15, 0.2) is 0 Å². The molecule has 3 rings (SSSR count). The van der Waals surface area contributed by atoms with E-state index in [4.69, 9.17) is 5.84 Å². The zero-order valence-corrected chi connectivity index (χ0v) is 10.1. The summed E-state index contributed by atoms with van der Waals surface area (Å²) in [5.74, 6) is 5.37. The molecular weight excluding hydrogens is 262 g/mol. The summed E-state index contributed by atoms with van der Waals surface area (Å²) in [5, 5.41) is 16.1. The Labute approximate surface area is 112 Å². The molecule has 9 heteroatoms. The zero-order chi connectivity index (χ0) is 14.1. The first-order valence-corrected chi connectivity index (χ1v) is 5.62. The van der Waals surface area contributed by atoms with E-state index in [1.165, 1.54) is 4.68 Å². The maximum atomic E-state index is 11.1. The Bertz CT molecular complexity index is 798. The number of para-hydroxylation sites is 1. The third kappa shape index (κ3) is 1.82. The van der Waals surface area contributed by atoms with E-state index in [0.29, 0.717) is 5.52 Å². The Morgan fingerprint density at radius 3 is 2.85 bits per heavy atom. The molecule has 0 saturated heterocycles. The number of nitrogens with two attached hydrogens (primary N) is 1. The third-order valence-corrected chi connectivity index (χ3v) is 2.75. The highest BCUT2D eigenvalue weighted by atomic mass is 16.6. The average Bonchev–Trinajstić information content (AvgIpc) is 2.90. The van der Waals surface area contributed by atoms with Crippen molar-refractivity contribution >= 4 is 22.5 Å². The maximum absolute atomic E-state index is 11.1. The van der Waals surface area contributed by atoms with E-state index in [0.717, 1.165) is 11.6 Å². The van der Waals surface area contributed by atoms with Gasteiger partial charge in [-0.2, -0.15) is 10.1 Å². The lowest BCUT2D eigenvalue weighted by molar-refractivity contribution is -0.385. The largest absolute Gasteiger partial charge is 0.332 e. The highest BCUT2D eigenvalue weighted by molar-refractivity contribution is 5.80. The fourth-order valence-electron chi connectivity index (χ4n) is 1.86. The number of hydrogen-bond acceptors (Lipinski definition) is 7. The third-order valence-electron chi connectivity index (χ3n) is 2.75. The number of nitro groups is 1. The molecule has 2 aromatic heterocycles. The number of rotatable bonds is 3. The van der Waals surface area contributed by atoms with Crippen molar-refractivity contribution < 1.29 is 4.92 Å². The van der Waals surface area contributed by atoms with Gasteiger partial charge in [0.25, 0.3) is 0 Å². The van der Waals surface area contributed by atoms with Crippen molar-refractivity contribution in [2.75, 3.05) is 5.43 Å². The van der Waals surface area contributed by atoms with E-state index in [-0.39, 0.29) is 17.5 Å². The molecule has 0 spiro atoms. The van der Waals surface area contributed by atoms with E-state index in [1.54, 1.807) is 12.3 Å². The number of anilines is 1. The van der Waals surface area contributed by atoms with Gasteiger partial charge in [0.1, 0.15) is 6.20 Å². The van der Waals surface area contributed by atoms with Crippen LogP contribution in [0.2, 0.25) is 0 Å². The second kappa shape index (κ2) is 4.55. The molecule has 0 unspecified atom stereocenters. The molecule has 0 amide bonds. The maximum Gasteiger partial charge on any atom is 0.332 e. The summed E-state index contributed by atoms with van der Waals surface area (Å²) in [6.45, 7) is 0. The van der Waals surface area contributed by atoms with Crippen molar-refractivity contribution in [2.24, 2.45) is 5.84 Å². The molecule has 0 atom stereocenters. The molecule has 0 bridgehead atoms. The van der Waals surface area contributed by atoms with Gasteiger partial charge in [-0.3, -0.25) is 15.5 Å². The average molecular weight is 271 g/mol. The number of nitrogens with zero attached hydrogens (tertiary/aromatic N) is 5. The quantitative estimate of drug-likeness (QED) is 0.413. The smallest absolute Gasteiger partial charge is 0.292 e. The van der Waals surface area contributed by atoms with Gasteiger partial charge in [-0.05, 0) is 6.07 Å². The second-order valence-corrected chi connectivity index (χ2v) is 3.92. The van der Waals surface area contributed by atoms with Gasteiger partial charge in [0, 0.05) is 5.39 Å². The summed E-state index contributed by atoms with van der Waals surface area (Å²) in [6.07, 6.45) is 2.70. The standard InChI is InChI=1S/C11H9N7O2/c12-16-11-13-6-9(18(19)20)10(15-11)17-8-4-2-1-3-7(8)5-14-17/h1-6H,12H2,(H,13,15,16). The Morgan fingerprint density at radius 2 is 2.10 bits per heavy atom. The van der Waals surface area contributed by atoms with Gasteiger partial charge in [-0.15, -0.1) is 0 Å². The first-order chi connectivity index (χ1) is 9.70. The van der Waals surface area contributed by atoms with Crippen LogP contribution in [-0.2, 0) is 0 Å². The molecule has 3 N–H and O–H groups in total. The molecule has 1 aromatic carbocycles. The van der Waals surface area contributed by atoms with E-state index in [2.05, 4.69) is 20.5 Å². The van der Waals surface area contributed by atoms with Crippen LogP contribution in [0, 0.1) is 10.1 Å². The number of benzene rings is 1. The Balaban J connectivity index is 2.29. The fraction of sp³-hybridized carbons (Fsp3) is 0. The highest BCUT2D eigenvalue weighted by Gasteiger charge is 2.21. The molecule has 100 valence electrons. The number of hydrogen-bond donors (Lipinski definition) is 2. The topological polar surface area (TPSA) is 125 Å². The van der Waals surface area contributed by atoms with Crippen molar-refractivity contribution in [3.8, 4) is 5.82 Å². The summed E-state index contributed by atoms with van der Waals surface area (Å²) in [6, 6.07) is 7.32. The normalized spacial score (nSPS) is 10.7. The van der Waals surface area contributed by atoms with Gasteiger partial charge in [0.2, 0.25) is 11.8 Å². The van der Waals surface area contributed by atoms with Crippen LogP contribution in [0.5, 0.6) is 0 Å². The molecule has 20 heavy (non-hydrogen) atoms. The number of fused-ring (bicyclic) bond motifs is 1. The lowest BCUT2D eigenvalue weighted by Crippen LogP contribution is -2.13. The molecule has 0 aliphatic carbocycles. The Morgan fingerprint density at radius 1 is 1.30 bits per heavy atom. The molecule has 0 saturated carbocycles. The molecule has 3 aromatic rings. The summed E-state index contributed by atoms with van der Waals surface area (Å²) in [4.78, 5) is 18.3. The van der Waals surface area contributed by atoms with Gasteiger partial charge < -0.3 is 0 Å². The van der Waals surface area contributed by atoms with Crippen molar-refractivity contribution in [2.45, 2.75) is 0 Å². The van der Waals surface area contributed by atoms with Gasteiger partial charge in [0.05, 0.1) is 16.6 Å². The van der Waals surface area contributed by atoms with Crippen molar-refractivity contribution in [1.29, 1.82) is 0 Å². The van der Waals surface area contributed by atoms with Gasteiger partial charge >= 0.3 is 5.69 Å². The summed E-state index contributed by atoms with van der Waals surface area (Å²) in [5.41, 5.74) is 2.71.